The maximum Gasteiger partial charge on any atom is 0.259 e. The van der Waals surface area contributed by atoms with Gasteiger partial charge in [-0.3, -0.25) is 9.59 Å². The molecule has 1 aliphatic carbocycles. The molecule has 29 heavy (non-hydrogen) atoms. The Kier molecular flexibility index (Phi) is 7.57. The average Bonchev–Trinajstić information content (AvgIpc) is 2.76. The lowest BCUT2D eigenvalue weighted by atomic mass is 9.92. The third-order valence-electron chi connectivity index (χ3n) is 4.57. The number of rotatable bonds is 8. The van der Waals surface area contributed by atoms with Crippen molar-refractivity contribution < 1.29 is 14.3 Å². The molecular weight excluding hydrogens is 366 g/mol. The van der Waals surface area contributed by atoms with Crippen molar-refractivity contribution in [3.63, 3.8) is 0 Å². The lowest BCUT2D eigenvalue weighted by Crippen LogP contribution is -2.37. The van der Waals surface area contributed by atoms with Crippen LogP contribution in [-0.2, 0) is 22.4 Å². The first-order chi connectivity index (χ1) is 14.2. The molecule has 0 atom stereocenters. The fraction of sp³-hybridized carbons (Fsp3) is 0.261. The topological polar surface area (TPSA) is 79.8 Å². The average molecular weight is 391 g/mol. The molecule has 2 aromatic carbocycles. The van der Waals surface area contributed by atoms with Crippen LogP contribution in [0.5, 0.6) is 5.75 Å². The number of fused-ring (bicyclic) bond motifs is 1. The fourth-order valence-corrected chi connectivity index (χ4v) is 3.09. The van der Waals surface area contributed by atoms with Crippen molar-refractivity contribution in [3.8, 4) is 5.75 Å². The molecule has 2 amide bonds. The summed E-state index contributed by atoms with van der Waals surface area (Å²) in [5, 5.41) is 6.32. The number of amides is 2. The molecule has 6 heteroatoms. The van der Waals surface area contributed by atoms with Crippen LogP contribution < -0.4 is 15.5 Å². The molecule has 0 unspecified atom stereocenters. The molecule has 0 spiro atoms. The van der Waals surface area contributed by atoms with Crippen LogP contribution in [0.3, 0.4) is 0 Å². The Morgan fingerprint density at radius 1 is 1.00 bits per heavy atom. The van der Waals surface area contributed by atoms with Crippen LogP contribution in [0, 0.1) is 0 Å². The zero-order valence-electron chi connectivity index (χ0n) is 16.3. The van der Waals surface area contributed by atoms with E-state index >= 15 is 0 Å². The molecule has 2 N–H and O–H groups in total. The number of hydrazone groups is 1. The van der Waals surface area contributed by atoms with E-state index in [2.05, 4.69) is 21.9 Å². The summed E-state index contributed by atoms with van der Waals surface area (Å²) in [5.41, 5.74) is 6.06. The summed E-state index contributed by atoms with van der Waals surface area (Å²) < 4.78 is 5.54. The largest absolute Gasteiger partial charge is 0.484 e. The zero-order valence-corrected chi connectivity index (χ0v) is 16.3. The first-order valence-electron chi connectivity index (χ1n) is 9.75. The van der Waals surface area contributed by atoms with E-state index < -0.39 is 5.91 Å². The minimum absolute atomic E-state index is 0.130. The molecule has 0 saturated heterocycles. The van der Waals surface area contributed by atoms with Crippen molar-refractivity contribution in [3.05, 3.63) is 71.3 Å². The van der Waals surface area contributed by atoms with Crippen LogP contribution in [0.25, 0.3) is 6.08 Å². The van der Waals surface area contributed by atoms with Gasteiger partial charge in [-0.05, 0) is 60.6 Å². The second kappa shape index (κ2) is 10.8. The number of carbonyl (C=O) groups excluding carboxylic acids is 2. The number of hydrogen-bond acceptors (Lipinski definition) is 4. The third-order valence-corrected chi connectivity index (χ3v) is 4.57. The highest BCUT2D eigenvalue weighted by Crippen LogP contribution is 2.25. The van der Waals surface area contributed by atoms with Crippen molar-refractivity contribution in [1.82, 2.24) is 10.7 Å². The predicted octanol–water partition coefficient (Wildman–Crippen LogP) is 2.88. The van der Waals surface area contributed by atoms with Gasteiger partial charge in [0.1, 0.15) is 5.75 Å². The van der Waals surface area contributed by atoms with E-state index in [1.165, 1.54) is 30.2 Å². The van der Waals surface area contributed by atoms with Gasteiger partial charge in [-0.25, -0.2) is 5.43 Å². The fourth-order valence-electron chi connectivity index (χ4n) is 3.09. The number of nitrogens with one attached hydrogen (secondary N) is 2. The van der Waals surface area contributed by atoms with Crippen molar-refractivity contribution >= 4 is 24.1 Å². The minimum Gasteiger partial charge on any atom is -0.484 e. The molecule has 1 aliphatic rings. The number of hydrogen-bond donors (Lipinski definition) is 2. The number of allylic oxidation sites excluding steroid dienone is 1. The molecule has 0 heterocycles. The van der Waals surface area contributed by atoms with Crippen LogP contribution >= 0.6 is 0 Å². The summed E-state index contributed by atoms with van der Waals surface area (Å²) in [6, 6.07) is 15.7. The number of aryl methyl sites for hydroxylation is 2. The van der Waals surface area contributed by atoms with E-state index in [-0.39, 0.29) is 19.1 Å². The van der Waals surface area contributed by atoms with Gasteiger partial charge in [0.15, 0.2) is 6.61 Å². The van der Waals surface area contributed by atoms with Gasteiger partial charge < -0.3 is 10.1 Å². The molecule has 0 aromatic heterocycles. The van der Waals surface area contributed by atoms with Crippen LogP contribution in [0.2, 0.25) is 0 Å². The van der Waals surface area contributed by atoms with Gasteiger partial charge in [0.25, 0.3) is 11.8 Å². The Morgan fingerprint density at radius 3 is 2.62 bits per heavy atom. The molecule has 0 aliphatic heterocycles. The second-order valence-electron chi connectivity index (χ2n) is 6.79. The molecule has 6 nitrogen and oxygen atoms in total. The molecule has 0 saturated carbocycles. The van der Waals surface area contributed by atoms with Crippen LogP contribution in [0.4, 0.5) is 0 Å². The number of nitrogens with zero attached hydrogens (tertiary/aromatic N) is 1. The highest BCUT2D eigenvalue weighted by Gasteiger charge is 2.11. The molecular formula is C23H25N3O3. The summed E-state index contributed by atoms with van der Waals surface area (Å²) in [5.74, 6) is -0.0811. The van der Waals surface area contributed by atoms with Crippen molar-refractivity contribution in [2.75, 3.05) is 13.2 Å². The lowest BCUT2D eigenvalue weighted by Gasteiger charge is -2.16. The van der Waals surface area contributed by atoms with E-state index in [0.29, 0.717) is 5.75 Å². The van der Waals surface area contributed by atoms with Crippen molar-refractivity contribution in [2.24, 2.45) is 5.10 Å². The summed E-state index contributed by atoms with van der Waals surface area (Å²) in [4.78, 5) is 23.6. The van der Waals surface area contributed by atoms with E-state index in [4.69, 9.17) is 4.74 Å². The quantitative estimate of drug-likeness (QED) is 0.536. The number of benzene rings is 2. The maximum atomic E-state index is 11.9. The van der Waals surface area contributed by atoms with E-state index in [0.717, 1.165) is 18.4 Å². The van der Waals surface area contributed by atoms with Gasteiger partial charge in [-0.15, -0.1) is 0 Å². The normalized spacial score (nSPS) is 13.2. The van der Waals surface area contributed by atoms with Crippen molar-refractivity contribution in [1.29, 1.82) is 0 Å². The smallest absolute Gasteiger partial charge is 0.259 e. The van der Waals surface area contributed by atoms with Gasteiger partial charge in [0.05, 0.1) is 6.54 Å². The van der Waals surface area contributed by atoms with Gasteiger partial charge in [-0.1, -0.05) is 42.5 Å². The molecule has 150 valence electrons. The highest BCUT2D eigenvalue weighted by atomic mass is 16.5. The third kappa shape index (κ3) is 6.92. The highest BCUT2D eigenvalue weighted by molar-refractivity contribution is 5.86. The standard InChI is InChI=1S/C23H25N3O3/c27-22(26-25-14-6-9-18-7-2-1-3-8-18)16-24-23(28)17-29-21-13-12-19-10-4-5-11-20(19)15-21/h1-3,6-9,12-15H,4-5,10-11,16-17H2,(H,24,28)(H,26,27)/b9-6+,25-14+. The van der Waals surface area contributed by atoms with Gasteiger partial charge in [0.2, 0.25) is 0 Å². The molecule has 3 rings (SSSR count). The van der Waals surface area contributed by atoms with Crippen LogP contribution in [0.15, 0.2) is 59.7 Å². The summed E-state index contributed by atoms with van der Waals surface area (Å²) in [6.07, 6.45) is 9.65. The monoisotopic (exact) mass is 391 g/mol. The number of ether oxygens (including phenoxy) is 1. The number of carbonyl (C=O) groups is 2. The molecule has 0 bridgehead atoms. The first-order valence-corrected chi connectivity index (χ1v) is 9.75. The Hall–Kier alpha value is -3.41. The van der Waals surface area contributed by atoms with Crippen LogP contribution in [-0.4, -0.2) is 31.2 Å². The van der Waals surface area contributed by atoms with Crippen LogP contribution in [0.1, 0.15) is 29.5 Å². The van der Waals surface area contributed by atoms with E-state index in [9.17, 15) is 9.59 Å². The van der Waals surface area contributed by atoms with Crippen molar-refractivity contribution in [2.45, 2.75) is 25.7 Å². The minimum atomic E-state index is -0.406. The van der Waals surface area contributed by atoms with Gasteiger partial charge in [-0.2, -0.15) is 5.10 Å². The van der Waals surface area contributed by atoms with Gasteiger partial charge >= 0.3 is 0 Å². The Labute approximate surface area is 170 Å². The maximum absolute atomic E-state index is 11.9. The molecule has 0 radical (unpaired) electrons. The Balaban J connectivity index is 1.33. The summed E-state index contributed by atoms with van der Waals surface area (Å²) in [7, 11) is 0. The molecule has 0 fully saturated rings. The zero-order chi connectivity index (χ0) is 20.3. The Morgan fingerprint density at radius 2 is 1.79 bits per heavy atom. The van der Waals surface area contributed by atoms with E-state index in [1.807, 2.05) is 48.5 Å². The first kappa shape index (κ1) is 20.3. The molecule has 2 aromatic rings. The van der Waals surface area contributed by atoms with Gasteiger partial charge in [0, 0.05) is 6.21 Å². The predicted molar refractivity (Wildman–Crippen MR) is 114 cm³/mol. The SMILES string of the molecule is O=C(COc1ccc2c(c1)CCCC2)NCC(=O)N/N=C/C=C/c1ccccc1. The second-order valence-corrected chi connectivity index (χ2v) is 6.79. The summed E-state index contributed by atoms with van der Waals surface area (Å²) >= 11 is 0. The lowest BCUT2D eigenvalue weighted by molar-refractivity contribution is -0.127. The Bertz CT molecular complexity index is 891. The van der Waals surface area contributed by atoms with E-state index in [1.54, 1.807) is 6.08 Å². The summed E-state index contributed by atoms with van der Waals surface area (Å²) in [6.45, 7) is -0.290.